The van der Waals surface area contributed by atoms with Crippen LogP contribution in [-0.4, -0.2) is 15.2 Å². The summed E-state index contributed by atoms with van der Waals surface area (Å²) in [5, 5.41) is 13.7. The van der Waals surface area contributed by atoms with Crippen LogP contribution in [0, 0.1) is 13.8 Å². The number of aryl methyl sites for hydroxylation is 2. The van der Waals surface area contributed by atoms with Crippen LogP contribution in [0.15, 0.2) is 48.7 Å². The van der Waals surface area contributed by atoms with Crippen molar-refractivity contribution in [1.29, 1.82) is 0 Å². The molecule has 134 valence electrons. The minimum Gasteiger partial charge on any atom is -0.339 e. The fourth-order valence-corrected chi connectivity index (χ4v) is 2.48. The van der Waals surface area contributed by atoms with E-state index < -0.39 is 11.7 Å². The SMILES string of the molecule is Cc1cc(C)cc(Nc2cnnc(Nc3ccc(C(F)(F)F)cc3)n2)c1. The first-order chi connectivity index (χ1) is 12.3. The van der Waals surface area contributed by atoms with Crippen molar-refractivity contribution in [3.05, 3.63) is 65.4 Å². The molecule has 8 heteroatoms. The number of anilines is 4. The zero-order chi connectivity index (χ0) is 18.7. The fourth-order valence-electron chi connectivity index (χ4n) is 2.48. The Morgan fingerprint density at radius 3 is 2.12 bits per heavy atom. The number of nitrogens with zero attached hydrogens (tertiary/aromatic N) is 3. The fraction of sp³-hybridized carbons (Fsp3) is 0.167. The zero-order valence-corrected chi connectivity index (χ0v) is 14.1. The van der Waals surface area contributed by atoms with Gasteiger partial charge in [0.25, 0.3) is 0 Å². The highest BCUT2D eigenvalue weighted by atomic mass is 19.4. The Bertz CT molecular complexity index is 887. The van der Waals surface area contributed by atoms with Gasteiger partial charge in [-0.25, -0.2) is 0 Å². The maximum absolute atomic E-state index is 12.6. The quantitative estimate of drug-likeness (QED) is 0.687. The molecule has 2 aromatic carbocycles. The third-order valence-electron chi connectivity index (χ3n) is 3.52. The lowest BCUT2D eigenvalue weighted by atomic mass is 10.1. The smallest absolute Gasteiger partial charge is 0.339 e. The summed E-state index contributed by atoms with van der Waals surface area (Å²) in [6.07, 6.45) is -2.90. The van der Waals surface area contributed by atoms with Gasteiger partial charge in [0.1, 0.15) is 0 Å². The van der Waals surface area contributed by atoms with Gasteiger partial charge in [-0.15, -0.1) is 5.10 Å². The normalized spacial score (nSPS) is 11.3. The van der Waals surface area contributed by atoms with E-state index in [2.05, 4.69) is 31.9 Å². The molecule has 0 bridgehead atoms. The van der Waals surface area contributed by atoms with E-state index in [1.165, 1.54) is 18.3 Å². The third kappa shape index (κ3) is 4.47. The lowest BCUT2D eigenvalue weighted by Gasteiger charge is -2.10. The third-order valence-corrected chi connectivity index (χ3v) is 3.52. The molecule has 0 saturated heterocycles. The van der Waals surface area contributed by atoms with Crippen molar-refractivity contribution < 1.29 is 13.2 Å². The molecular formula is C18H16F3N5. The highest BCUT2D eigenvalue weighted by molar-refractivity contribution is 5.60. The molecule has 1 aromatic heterocycles. The van der Waals surface area contributed by atoms with Crippen LogP contribution in [0.4, 0.5) is 36.3 Å². The standard InChI is InChI=1S/C18H16F3N5/c1-11-7-12(2)9-15(8-11)23-16-10-22-26-17(25-16)24-14-5-3-13(4-6-14)18(19,20)21/h3-10H,1-2H3,(H2,23,24,25,26). The highest BCUT2D eigenvalue weighted by Crippen LogP contribution is 2.30. The molecule has 0 aliphatic rings. The molecule has 0 aliphatic heterocycles. The number of benzene rings is 2. The van der Waals surface area contributed by atoms with Crippen LogP contribution < -0.4 is 10.6 Å². The van der Waals surface area contributed by atoms with E-state index >= 15 is 0 Å². The van der Waals surface area contributed by atoms with Crippen molar-refractivity contribution in [2.45, 2.75) is 20.0 Å². The number of alkyl halides is 3. The first kappa shape index (κ1) is 17.7. The van der Waals surface area contributed by atoms with Crippen LogP contribution >= 0.6 is 0 Å². The largest absolute Gasteiger partial charge is 0.416 e. The number of halogens is 3. The molecule has 0 amide bonds. The summed E-state index contributed by atoms with van der Waals surface area (Å²) in [5.74, 6) is 0.651. The van der Waals surface area contributed by atoms with E-state index in [0.717, 1.165) is 28.9 Å². The summed E-state index contributed by atoms with van der Waals surface area (Å²) in [7, 11) is 0. The Hall–Kier alpha value is -3.16. The first-order valence-corrected chi connectivity index (χ1v) is 7.79. The number of hydrogen-bond acceptors (Lipinski definition) is 5. The summed E-state index contributed by atoms with van der Waals surface area (Å²) in [4.78, 5) is 4.28. The maximum Gasteiger partial charge on any atom is 0.416 e. The van der Waals surface area contributed by atoms with Crippen molar-refractivity contribution in [3.63, 3.8) is 0 Å². The molecule has 5 nitrogen and oxygen atoms in total. The second-order valence-corrected chi connectivity index (χ2v) is 5.87. The van der Waals surface area contributed by atoms with Gasteiger partial charge in [-0.3, -0.25) is 0 Å². The van der Waals surface area contributed by atoms with Gasteiger partial charge in [-0.05, 0) is 61.4 Å². The van der Waals surface area contributed by atoms with Gasteiger partial charge in [-0.2, -0.15) is 23.3 Å². The summed E-state index contributed by atoms with van der Waals surface area (Å²) in [6.45, 7) is 3.99. The Morgan fingerprint density at radius 2 is 1.50 bits per heavy atom. The molecule has 26 heavy (non-hydrogen) atoms. The number of rotatable bonds is 4. The van der Waals surface area contributed by atoms with Gasteiger partial charge < -0.3 is 10.6 Å². The van der Waals surface area contributed by atoms with E-state index in [4.69, 9.17) is 0 Å². The van der Waals surface area contributed by atoms with E-state index in [-0.39, 0.29) is 5.95 Å². The van der Waals surface area contributed by atoms with E-state index in [1.54, 1.807) is 0 Å². The topological polar surface area (TPSA) is 62.7 Å². The van der Waals surface area contributed by atoms with E-state index in [1.807, 2.05) is 26.0 Å². The second kappa shape index (κ2) is 6.99. The minimum atomic E-state index is -4.37. The molecule has 0 fully saturated rings. The van der Waals surface area contributed by atoms with Gasteiger partial charge in [0.15, 0.2) is 5.82 Å². The molecule has 0 saturated carbocycles. The van der Waals surface area contributed by atoms with Crippen LogP contribution in [0.25, 0.3) is 0 Å². The number of nitrogens with one attached hydrogen (secondary N) is 2. The molecule has 0 spiro atoms. The average molecular weight is 359 g/mol. The Labute approximate surface area is 148 Å². The molecule has 1 heterocycles. The summed E-state index contributed by atoms with van der Waals surface area (Å²) < 4.78 is 37.8. The zero-order valence-electron chi connectivity index (χ0n) is 14.1. The predicted molar refractivity (Wildman–Crippen MR) is 93.8 cm³/mol. The second-order valence-electron chi connectivity index (χ2n) is 5.87. The van der Waals surface area contributed by atoms with Crippen molar-refractivity contribution in [3.8, 4) is 0 Å². The van der Waals surface area contributed by atoms with Crippen LogP contribution in [0.2, 0.25) is 0 Å². The monoisotopic (exact) mass is 359 g/mol. The first-order valence-electron chi connectivity index (χ1n) is 7.79. The molecule has 3 rings (SSSR count). The lowest BCUT2D eigenvalue weighted by Crippen LogP contribution is -2.05. The van der Waals surface area contributed by atoms with Gasteiger partial charge in [0, 0.05) is 11.4 Å². The Kier molecular flexibility index (Phi) is 4.75. The molecule has 0 atom stereocenters. The number of aromatic nitrogens is 3. The van der Waals surface area contributed by atoms with Gasteiger partial charge in [0.2, 0.25) is 5.95 Å². The summed E-state index contributed by atoms with van der Waals surface area (Å²) in [6, 6.07) is 10.6. The lowest BCUT2D eigenvalue weighted by molar-refractivity contribution is -0.137. The Balaban J connectivity index is 1.75. The Morgan fingerprint density at radius 1 is 0.846 bits per heavy atom. The van der Waals surface area contributed by atoms with Crippen LogP contribution in [0.1, 0.15) is 16.7 Å². The number of hydrogen-bond donors (Lipinski definition) is 2. The molecule has 3 aromatic rings. The van der Waals surface area contributed by atoms with Crippen molar-refractivity contribution in [2.24, 2.45) is 0 Å². The van der Waals surface area contributed by atoms with Gasteiger partial charge >= 0.3 is 6.18 Å². The van der Waals surface area contributed by atoms with Gasteiger partial charge in [-0.1, -0.05) is 6.07 Å². The predicted octanol–water partition coefficient (Wildman–Crippen LogP) is 4.99. The van der Waals surface area contributed by atoms with Crippen LogP contribution in [0.3, 0.4) is 0 Å². The van der Waals surface area contributed by atoms with Crippen molar-refractivity contribution in [2.75, 3.05) is 10.6 Å². The molecule has 0 radical (unpaired) electrons. The van der Waals surface area contributed by atoms with Gasteiger partial charge in [0.05, 0.1) is 11.8 Å². The minimum absolute atomic E-state index is 0.180. The van der Waals surface area contributed by atoms with Crippen molar-refractivity contribution in [1.82, 2.24) is 15.2 Å². The van der Waals surface area contributed by atoms with Crippen LogP contribution in [0.5, 0.6) is 0 Å². The summed E-state index contributed by atoms with van der Waals surface area (Å²) in [5.41, 5.74) is 2.80. The average Bonchev–Trinajstić information content (AvgIpc) is 2.54. The molecule has 0 unspecified atom stereocenters. The summed E-state index contributed by atoms with van der Waals surface area (Å²) >= 11 is 0. The molecule has 2 N–H and O–H groups in total. The van der Waals surface area contributed by atoms with Crippen LogP contribution in [-0.2, 0) is 6.18 Å². The highest BCUT2D eigenvalue weighted by Gasteiger charge is 2.29. The van der Waals surface area contributed by atoms with E-state index in [0.29, 0.717) is 11.5 Å². The molecule has 0 aliphatic carbocycles. The molecular weight excluding hydrogens is 343 g/mol. The van der Waals surface area contributed by atoms with E-state index in [9.17, 15) is 13.2 Å². The maximum atomic E-state index is 12.6. The van der Waals surface area contributed by atoms with Crippen molar-refractivity contribution >= 4 is 23.1 Å².